The van der Waals surface area contributed by atoms with Crippen LogP contribution >= 0.6 is 15.9 Å². The number of aliphatic hydroxyl groups excluding tert-OH is 1. The zero-order valence-corrected chi connectivity index (χ0v) is 24.4. The fraction of sp³-hybridized carbons (Fsp3) is 0.567. The van der Waals surface area contributed by atoms with Crippen molar-refractivity contribution in [2.24, 2.45) is 11.8 Å². The molecule has 0 saturated carbocycles. The third-order valence-electron chi connectivity index (χ3n) is 8.13. The first kappa shape index (κ1) is 29.5. The largest absolute Gasteiger partial charge is 0.465 e. The Bertz CT molecular complexity index is 1120. The highest BCUT2D eigenvalue weighted by Crippen LogP contribution is 2.60. The van der Waals surface area contributed by atoms with Crippen LogP contribution in [0.3, 0.4) is 0 Å². The summed E-state index contributed by atoms with van der Waals surface area (Å²) in [5.41, 5.74) is 1.49. The van der Waals surface area contributed by atoms with Gasteiger partial charge in [0.25, 0.3) is 5.91 Å². The molecule has 0 aliphatic carbocycles. The molecular formula is C30H39BrN2O6. The summed E-state index contributed by atoms with van der Waals surface area (Å²) < 4.78 is 12.2. The van der Waals surface area contributed by atoms with E-state index >= 15 is 0 Å². The number of carbonyl (C=O) groups is 3. The lowest BCUT2D eigenvalue weighted by Gasteiger charge is -2.37. The Labute approximate surface area is 239 Å². The lowest BCUT2D eigenvalue weighted by molar-refractivity contribution is -0.155. The monoisotopic (exact) mass is 602 g/mol. The van der Waals surface area contributed by atoms with E-state index in [4.69, 9.17) is 9.47 Å². The van der Waals surface area contributed by atoms with Crippen LogP contribution in [0.1, 0.15) is 43.2 Å². The lowest BCUT2D eigenvalue weighted by atomic mass is 9.70. The predicted octanol–water partition coefficient (Wildman–Crippen LogP) is 3.85. The molecule has 3 aliphatic rings. The third kappa shape index (κ3) is 5.33. The van der Waals surface area contributed by atoms with Gasteiger partial charge in [0.05, 0.1) is 24.5 Å². The van der Waals surface area contributed by atoms with Crippen LogP contribution in [0.2, 0.25) is 0 Å². The Kier molecular flexibility index (Phi) is 9.34. The van der Waals surface area contributed by atoms with Crippen molar-refractivity contribution in [3.8, 4) is 0 Å². The molecule has 3 heterocycles. The summed E-state index contributed by atoms with van der Waals surface area (Å²) >= 11 is 3.69. The first-order valence-electron chi connectivity index (χ1n) is 13.7. The number of rotatable bonds is 13. The first-order valence-corrected chi connectivity index (χ1v) is 14.6. The number of ether oxygens (including phenoxy) is 2. The van der Waals surface area contributed by atoms with E-state index in [2.05, 4.69) is 29.1 Å². The number of likely N-dealkylation sites (tertiary alicyclic amines) is 1. The molecule has 6 atom stereocenters. The van der Waals surface area contributed by atoms with Gasteiger partial charge in [0.1, 0.15) is 11.6 Å². The number of anilines is 1. The van der Waals surface area contributed by atoms with E-state index in [-0.39, 0.29) is 42.9 Å². The number of alkyl halides is 1. The summed E-state index contributed by atoms with van der Waals surface area (Å²) in [4.78, 5) is 44.9. The van der Waals surface area contributed by atoms with Crippen molar-refractivity contribution in [3.63, 3.8) is 0 Å². The van der Waals surface area contributed by atoms with Gasteiger partial charge >= 0.3 is 5.97 Å². The van der Waals surface area contributed by atoms with Crippen molar-refractivity contribution in [1.29, 1.82) is 0 Å². The SMILES string of the molecule is C=CCCCCOC(=O)[C@H]1[C@@H]2OC3(CC2Br)C(C(=O)N(CC=C)c2cc(C)ccc2C)N(CCCO)C(=O)[C@H]13. The Balaban J connectivity index is 1.70. The van der Waals surface area contributed by atoms with Crippen LogP contribution in [-0.4, -0.2) is 76.7 Å². The van der Waals surface area contributed by atoms with Crippen LogP contribution < -0.4 is 4.90 Å². The van der Waals surface area contributed by atoms with Gasteiger partial charge in [0.2, 0.25) is 5.91 Å². The van der Waals surface area contributed by atoms with Gasteiger partial charge in [0, 0.05) is 30.2 Å². The van der Waals surface area contributed by atoms with Crippen LogP contribution in [0.4, 0.5) is 5.69 Å². The second-order valence-electron chi connectivity index (χ2n) is 10.8. The Morgan fingerprint density at radius 2 is 2.03 bits per heavy atom. The van der Waals surface area contributed by atoms with Crippen molar-refractivity contribution in [2.75, 3.05) is 31.2 Å². The Morgan fingerprint density at radius 3 is 2.72 bits per heavy atom. The van der Waals surface area contributed by atoms with Crippen molar-refractivity contribution in [2.45, 2.75) is 68.5 Å². The van der Waals surface area contributed by atoms with Crippen molar-refractivity contribution >= 4 is 39.4 Å². The Morgan fingerprint density at radius 1 is 1.26 bits per heavy atom. The number of unbranched alkanes of at least 4 members (excludes halogenated alkanes) is 2. The smallest absolute Gasteiger partial charge is 0.312 e. The molecule has 1 N–H and O–H groups in total. The van der Waals surface area contributed by atoms with E-state index < -0.39 is 35.6 Å². The minimum absolute atomic E-state index is 0.129. The minimum atomic E-state index is -1.17. The molecule has 0 aromatic heterocycles. The van der Waals surface area contributed by atoms with Crippen LogP contribution in [0, 0.1) is 25.7 Å². The standard InChI is InChI=1S/C30H39BrN2O6/c1-5-7-8-9-16-38-29(37)23-24-27(35)33(14-10-15-34)26(30(24)18-21(31)25(23)39-30)28(36)32(13-6-2)22-17-19(3)11-12-20(22)4/h5-6,11-12,17,21,23-26,34H,1-2,7-10,13-16,18H2,3-4H3/t21?,23-,24+,25-,26?,30?/m1/s1. The van der Waals surface area contributed by atoms with E-state index in [1.54, 1.807) is 11.0 Å². The second kappa shape index (κ2) is 12.4. The number of allylic oxidation sites excluding steroid dienone is 1. The summed E-state index contributed by atoms with van der Waals surface area (Å²) in [6.45, 7) is 12.0. The van der Waals surface area contributed by atoms with Gasteiger partial charge < -0.3 is 24.4 Å². The van der Waals surface area contributed by atoms with Crippen molar-refractivity contribution in [3.05, 3.63) is 54.6 Å². The number of halogens is 1. The minimum Gasteiger partial charge on any atom is -0.465 e. The molecule has 39 heavy (non-hydrogen) atoms. The molecule has 3 aliphatic heterocycles. The molecule has 3 fully saturated rings. The number of fused-ring (bicyclic) bond motifs is 1. The normalized spacial score (nSPS) is 28.9. The molecular weight excluding hydrogens is 564 g/mol. The topological polar surface area (TPSA) is 96.4 Å². The van der Waals surface area contributed by atoms with Gasteiger partial charge in [-0.15, -0.1) is 13.2 Å². The highest BCUT2D eigenvalue weighted by atomic mass is 79.9. The van der Waals surface area contributed by atoms with Crippen LogP contribution in [0.25, 0.3) is 0 Å². The second-order valence-corrected chi connectivity index (χ2v) is 11.9. The zero-order valence-electron chi connectivity index (χ0n) is 22.8. The van der Waals surface area contributed by atoms with Gasteiger partial charge in [-0.3, -0.25) is 14.4 Å². The number of esters is 1. The van der Waals surface area contributed by atoms with Crippen LogP contribution in [0.15, 0.2) is 43.5 Å². The van der Waals surface area contributed by atoms with Gasteiger partial charge in [-0.05, 0) is 63.1 Å². The summed E-state index contributed by atoms with van der Waals surface area (Å²) in [6, 6.07) is 4.96. The molecule has 1 spiro atoms. The molecule has 3 saturated heterocycles. The number of benzene rings is 1. The van der Waals surface area contributed by atoms with Crippen molar-refractivity contribution < 1.29 is 29.0 Å². The average molecular weight is 604 g/mol. The lowest BCUT2D eigenvalue weighted by Crippen LogP contribution is -2.57. The number of aryl methyl sites for hydroxylation is 2. The van der Waals surface area contributed by atoms with E-state index in [9.17, 15) is 19.5 Å². The van der Waals surface area contributed by atoms with Gasteiger partial charge in [-0.1, -0.05) is 40.2 Å². The maximum atomic E-state index is 14.5. The van der Waals surface area contributed by atoms with Crippen LogP contribution in [-0.2, 0) is 23.9 Å². The number of amides is 2. The van der Waals surface area contributed by atoms with E-state index in [1.165, 1.54) is 4.90 Å². The highest BCUT2D eigenvalue weighted by molar-refractivity contribution is 9.09. The molecule has 9 heteroatoms. The molecule has 1 aromatic rings. The molecule has 0 radical (unpaired) electrons. The van der Waals surface area contributed by atoms with Gasteiger partial charge in [-0.2, -0.15) is 0 Å². The molecule has 4 rings (SSSR count). The number of nitrogens with zero attached hydrogens (tertiary/aromatic N) is 2. The highest BCUT2D eigenvalue weighted by Gasteiger charge is 2.77. The maximum absolute atomic E-state index is 14.5. The number of aliphatic hydroxyl groups is 1. The molecule has 3 unspecified atom stereocenters. The van der Waals surface area contributed by atoms with E-state index in [0.29, 0.717) is 19.3 Å². The number of carbonyl (C=O) groups excluding carboxylic acids is 3. The first-order chi connectivity index (χ1) is 18.7. The van der Waals surface area contributed by atoms with E-state index in [1.807, 2.05) is 38.1 Å². The van der Waals surface area contributed by atoms with Gasteiger partial charge in [-0.25, -0.2) is 0 Å². The summed E-state index contributed by atoms with van der Waals surface area (Å²) in [5, 5.41) is 9.58. The number of hydrogen-bond acceptors (Lipinski definition) is 6. The third-order valence-corrected chi connectivity index (χ3v) is 8.98. The summed E-state index contributed by atoms with van der Waals surface area (Å²) in [7, 11) is 0. The number of hydrogen-bond donors (Lipinski definition) is 1. The fourth-order valence-corrected chi connectivity index (χ4v) is 7.36. The quantitative estimate of drug-likeness (QED) is 0.159. The molecule has 8 nitrogen and oxygen atoms in total. The fourth-order valence-electron chi connectivity index (χ4n) is 6.41. The van der Waals surface area contributed by atoms with E-state index in [0.717, 1.165) is 29.7 Å². The molecule has 2 amide bonds. The molecule has 1 aromatic carbocycles. The average Bonchev–Trinajstić information content (AvgIpc) is 3.50. The summed E-state index contributed by atoms with van der Waals surface area (Å²) in [6.07, 6.45) is 6.05. The van der Waals surface area contributed by atoms with Gasteiger partial charge in [0.15, 0.2) is 0 Å². The predicted molar refractivity (Wildman–Crippen MR) is 153 cm³/mol. The van der Waals surface area contributed by atoms with Crippen molar-refractivity contribution in [1.82, 2.24) is 4.90 Å². The summed E-state index contributed by atoms with van der Waals surface area (Å²) in [5.74, 6) is -2.67. The van der Waals surface area contributed by atoms with Crippen LogP contribution in [0.5, 0.6) is 0 Å². The maximum Gasteiger partial charge on any atom is 0.312 e. The zero-order chi connectivity index (χ0) is 28.3. The molecule has 212 valence electrons. The molecule has 2 bridgehead atoms. The Hall–Kier alpha value is -2.49.